The summed E-state index contributed by atoms with van der Waals surface area (Å²) < 4.78 is 0. The lowest BCUT2D eigenvalue weighted by Crippen LogP contribution is -2.59. The molecule has 5 heterocycles. The van der Waals surface area contributed by atoms with Crippen LogP contribution in [0, 0.1) is 19.8 Å². The maximum atomic E-state index is 14.4. The van der Waals surface area contributed by atoms with Crippen molar-refractivity contribution in [1.29, 1.82) is 0 Å². The average Bonchev–Trinajstić information content (AvgIpc) is 3.93. The second kappa shape index (κ2) is 16.0. The molecule has 0 spiro atoms. The summed E-state index contributed by atoms with van der Waals surface area (Å²) in [5.41, 5.74) is 4.02. The highest BCUT2D eigenvalue weighted by atomic mass is 32.1. The van der Waals surface area contributed by atoms with Crippen LogP contribution in [-0.2, 0) is 6.42 Å². The molecular formula is C44H57NO2S3Si. The highest BCUT2D eigenvalue weighted by molar-refractivity contribution is 7.32. The number of nitrogens with zero attached hydrogens (tertiary/aromatic N) is 1. The summed E-state index contributed by atoms with van der Waals surface area (Å²) in [7, 11) is -2.07. The van der Waals surface area contributed by atoms with E-state index >= 15 is 0 Å². The number of carbonyl (C=O) groups excluding carboxylic acids is 2. The van der Waals surface area contributed by atoms with Gasteiger partial charge in [0.1, 0.15) is 8.07 Å². The van der Waals surface area contributed by atoms with E-state index in [1.165, 1.54) is 132 Å². The molecule has 2 amide bonds. The Balaban J connectivity index is 1.22. The zero-order chi connectivity index (χ0) is 35.7. The number of hydrogen-bond acceptors (Lipinski definition) is 5. The Hall–Kier alpha value is -2.32. The first kappa shape index (κ1) is 37.0. The van der Waals surface area contributed by atoms with Crippen LogP contribution < -0.4 is 15.3 Å². The Bertz CT molecular complexity index is 1860. The van der Waals surface area contributed by atoms with Gasteiger partial charge in [0.25, 0.3) is 11.8 Å². The van der Waals surface area contributed by atoms with E-state index in [9.17, 15) is 9.59 Å². The molecule has 272 valence electrons. The van der Waals surface area contributed by atoms with Crippen molar-refractivity contribution in [3.05, 3.63) is 62.8 Å². The van der Waals surface area contributed by atoms with Gasteiger partial charge in [-0.25, -0.2) is 4.90 Å². The largest absolute Gasteiger partial charge is 0.268 e. The number of anilines is 1. The van der Waals surface area contributed by atoms with Crippen molar-refractivity contribution in [3.63, 3.8) is 0 Å². The van der Waals surface area contributed by atoms with Gasteiger partial charge in [-0.2, -0.15) is 0 Å². The van der Waals surface area contributed by atoms with E-state index in [2.05, 4.69) is 52.0 Å². The Morgan fingerprint density at radius 2 is 1.41 bits per heavy atom. The number of fused-ring (bicyclic) bond motifs is 4. The molecule has 0 N–H and O–H groups in total. The van der Waals surface area contributed by atoms with Crippen LogP contribution in [0.5, 0.6) is 0 Å². The van der Waals surface area contributed by atoms with Gasteiger partial charge in [-0.05, 0) is 84.4 Å². The van der Waals surface area contributed by atoms with Crippen LogP contribution in [0.15, 0.2) is 36.4 Å². The topological polar surface area (TPSA) is 37.4 Å². The molecule has 0 bridgehead atoms. The van der Waals surface area contributed by atoms with Crippen molar-refractivity contribution in [1.82, 2.24) is 0 Å². The summed E-state index contributed by atoms with van der Waals surface area (Å²) in [6.07, 6.45) is 20.7. The number of carbonyl (C=O) groups is 2. The summed E-state index contributed by atoms with van der Waals surface area (Å²) in [5.74, 6) is 0.450. The number of aryl methyl sites for hydroxylation is 3. The summed E-state index contributed by atoms with van der Waals surface area (Å²) in [6.45, 7) is 11.4. The molecule has 7 heteroatoms. The number of unbranched alkanes of at least 4 members (excludes halogenated alkanes) is 6. The second-order valence-corrected chi connectivity index (χ2v) is 23.5. The zero-order valence-electron chi connectivity index (χ0n) is 31.6. The minimum absolute atomic E-state index is 0.152. The molecule has 2 aliphatic heterocycles. The van der Waals surface area contributed by atoms with Gasteiger partial charge in [0.05, 0.1) is 21.7 Å². The van der Waals surface area contributed by atoms with Crippen molar-refractivity contribution >= 4 is 70.0 Å². The third kappa shape index (κ3) is 6.83. The number of hydrogen-bond donors (Lipinski definition) is 0. The predicted molar refractivity (Wildman–Crippen MR) is 225 cm³/mol. The minimum Gasteiger partial charge on any atom is -0.268 e. The minimum atomic E-state index is -2.07. The van der Waals surface area contributed by atoms with Gasteiger partial charge in [0, 0.05) is 24.4 Å². The Morgan fingerprint density at radius 3 is 2.14 bits per heavy atom. The predicted octanol–water partition coefficient (Wildman–Crippen LogP) is 13.0. The van der Waals surface area contributed by atoms with Crippen molar-refractivity contribution < 1.29 is 9.59 Å². The number of rotatable bonds is 16. The number of imide groups is 1. The van der Waals surface area contributed by atoms with Crippen LogP contribution in [0.2, 0.25) is 11.6 Å². The molecular weight excluding hydrogens is 699 g/mol. The SMILES string of the molecule is CCCCCCCCc1ccc(N2C(=O)c3c(C)sc(-c4cc5c(s4)-c4sc(C)cc4[Si]5(CC(CC)CCCC)C4CCCCC4)c3C2=O)cc1. The lowest BCUT2D eigenvalue weighted by atomic mass is 10.00. The van der Waals surface area contributed by atoms with Gasteiger partial charge in [0.2, 0.25) is 0 Å². The molecule has 0 saturated heterocycles. The van der Waals surface area contributed by atoms with Gasteiger partial charge >= 0.3 is 0 Å². The Morgan fingerprint density at radius 1 is 0.745 bits per heavy atom. The third-order valence-corrected chi connectivity index (χ3v) is 22.3. The summed E-state index contributed by atoms with van der Waals surface area (Å²) in [5, 5.41) is 3.41. The molecule has 3 aromatic heterocycles. The Labute approximate surface area is 319 Å². The van der Waals surface area contributed by atoms with Crippen LogP contribution in [-0.4, -0.2) is 19.9 Å². The molecule has 3 nitrogen and oxygen atoms in total. The van der Waals surface area contributed by atoms with E-state index in [1.54, 1.807) is 21.7 Å². The molecule has 51 heavy (non-hydrogen) atoms. The van der Waals surface area contributed by atoms with Gasteiger partial charge in [-0.3, -0.25) is 9.59 Å². The van der Waals surface area contributed by atoms with E-state index in [0.717, 1.165) is 27.6 Å². The normalized spacial score (nSPS) is 19.2. The molecule has 0 radical (unpaired) electrons. The quantitative estimate of drug-likeness (QED) is 0.0649. The number of thiophene rings is 3. The fourth-order valence-corrected chi connectivity index (χ4v) is 21.5. The molecule has 3 aliphatic rings. The molecule has 1 aromatic carbocycles. The van der Waals surface area contributed by atoms with Crippen LogP contribution >= 0.6 is 34.0 Å². The van der Waals surface area contributed by atoms with Crippen molar-refractivity contribution in [2.24, 2.45) is 5.92 Å². The molecule has 1 aliphatic carbocycles. The first-order valence-corrected chi connectivity index (χ1v) is 24.9. The van der Waals surface area contributed by atoms with E-state index < -0.39 is 8.07 Å². The van der Waals surface area contributed by atoms with Gasteiger partial charge in [-0.15, -0.1) is 34.0 Å². The highest BCUT2D eigenvalue weighted by Crippen LogP contribution is 2.53. The lowest BCUT2D eigenvalue weighted by molar-refractivity contribution is 0.0926. The molecule has 1 saturated carbocycles. The lowest BCUT2D eigenvalue weighted by Gasteiger charge is -2.41. The first-order chi connectivity index (χ1) is 24.8. The molecule has 2 unspecified atom stereocenters. The fourth-order valence-electron chi connectivity index (χ4n) is 9.63. The second-order valence-electron chi connectivity index (χ2n) is 15.7. The smallest absolute Gasteiger partial charge is 0.267 e. The van der Waals surface area contributed by atoms with Gasteiger partial charge < -0.3 is 0 Å². The fraction of sp³-hybridized carbons (Fsp3) is 0.545. The molecule has 7 rings (SSSR count). The van der Waals surface area contributed by atoms with Crippen molar-refractivity contribution in [3.8, 4) is 19.5 Å². The number of benzene rings is 1. The van der Waals surface area contributed by atoms with Crippen LogP contribution in [0.4, 0.5) is 5.69 Å². The molecule has 2 atom stereocenters. The van der Waals surface area contributed by atoms with E-state index in [4.69, 9.17) is 0 Å². The van der Waals surface area contributed by atoms with Crippen molar-refractivity contribution in [2.75, 3.05) is 4.90 Å². The monoisotopic (exact) mass is 755 g/mol. The zero-order valence-corrected chi connectivity index (χ0v) is 35.1. The van der Waals surface area contributed by atoms with Crippen LogP contribution in [0.25, 0.3) is 19.5 Å². The highest BCUT2D eigenvalue weighted by Gasteiger charge is 2.54. The maximum absolute atomic E-state index is 14.4. The Kier molecular flexibility index (Phi) is 11.6. The van der Waals surface area contributed by atoms with Crippen molar-refractivity contribution in [2.45, 2.75) is 149 Å². The maximum Gasteiger partial charge on any atom is 0.267 e. The average molecular weight is 756 g/mol. The summed E-state index contributed by atoms with van der Waals surface area (Å²) >= 11 is 5.59. The summed E-state index contributed by atoms with van der Waals surface area (Å²) in [6, 6.07) is 14.7. The van der Waals surface area contributed by atoms with E-state index in [1.807, 2.05) is 41.7 Å². The summed E-state index contributed by atoms with van der Waals surface area (Å²) in [4.78, 5) is 37.5. The number of amides is 2. The standard InChI is InChI=1S/C44H57NO2S3Si/c1-6-9-11-12-13-15-19-32-22-24-33(25-23-32)45-43(46)38-30(5)49-40(39(38)44(45)47)35-27-37-42(50-35)41-36(26-29(4)48-41)51(37,34-20-16-14-17-21-34)28-31(8-3)18-10-7-2/h22-27,31,34H,6-21,28H2,1-5H3. The molecule has 1 fully saturated rings. The molecule has 4 aromatic rings. The van der Waals surface area contributed by atoms with Gasteiger partial charge in [-0.1, -0.05) is 123 Å². The van der Waals surface area contributed by atoms with Crippen LogP contribution in [0.3, 0.4) is 0 Å². The third-order valence-electron chi connectivity index (χ3n) is 12.4. The van der Waals surface area contributed by atoms with E-state index in [-0.39, 0.29) is 11.8 Å². The van der Waals surface area contributed by atoms with E-state index in [0.29, 0.717) is 16.8 Å². The first-order valence-electron chi connectivity index (χ1n) is 20.2. The van der Waals surface area contributed by atoms with Gasteiger partial charge in [0.15, 0.2) is 0 Å². The van der Waals surface area contributed by atoms with Crippen LogP contribution in [0.1, 0.15) is 153 Å².